The van der Waals surface area contributed by atoms with Crippen LogP contribution in [0.2, 0.25) is 5.02 Å². The summed E-state index contributed by atoms with van der Waals surface area (Å²) in [6.07, 6.45) is 0.902. The van der Waals surface area contributed by atoms with Gasteiger partial charge in [-0.25, -0.2) is 0 Å². The summed E-state index contributed by atoms with van der Waals surface area (Å²) in [6, 6.07) is 14.1. The van der Waals surface area contributed by atoms with Crippen molar-refractivity contribution in [3.05, 3.63) is 75.1 Å². The SMILES string of the molecule is CCC(c1nnc(SCC(=O)Nc2ccc([N+](=O)[O-])cc2Cl)n1Cc1ccccc1)[NH+](C)C. The van der Waals surface area contributed by atoms with E-state index in [9.17, 15) is 14.9 Å². The molecule has 0 aliphatic rings. The van der Waals surface area contributed by atoms with Crippen LogP contribution in [0.4, 0.5) is 11.4 Å². The minimum atomic E-state index is -0.538. The van der Waals surface area contributed by atoms with Gasteiger partial charge in [-0.3, -0.25) is 19.5 Å². The van der Waals surface area contributed by atoms with Gasteiger partial charge in [-0.1, -0.05) is 60.6 Å². The Morgan fingerprint density at radius 2 is 1.97 bits per heavy atom. The summed E-state index contributed by atoms with van der Waals surface area (Å²) >= 11 is 7.36. The number of non-ortho nitro benzene ring substituents is 1. The van der Waals surface area contributed by atoms with Crippen molar-refractivity contribution in [3.8, 4) is 0 Å². The van der Waals surface area contributed by atoms with Gasteiger partial charge in [0, 0.05) is 18.6 Å². The first-order valence-corrected chi connectivity index (χ1v) is 11.8. The molecule has 1 aromatic heterocycles. The molecule has 0 radical (unpaired) electrons. The zero-order valence-corrected chi connectivity index (χ0v) is 20.2. The number of nitro benzene ring substituents is 1. The number of carbonyl (C=O) groups excluding carboxylic acids is 1. The first-order valence-electron chi connectivity index (χ1n) is 10.4. The van der Waals surface area contributed by atoms with Crippen molar-refractivity contribution < 1.29 is 14.6 Å². The van der Waals surface area contributed by atoms with E-state index in [0.29, 0.717) is 17.4 Å². The summed E-state index contributed by atoms with van der Waals surface area (Å²) in [5, 5.41) is 23.2. The average Bonchev–Trinajstić information content (AvgIpc) is 3.16. The van der Waals surface area contributed by atoms with Crippen LogP contribution in [0, 0.1) is 10.1 Å². The van der Waals surface area contributed by atoms with Crippen molar-refractivity contribution in [3.63, 3.8) is 0 Å². The second-order valence-corrected chi connectivity index (χ2v) is 9.06. The van der Waals surface area contributed by atoms with Crippen molar-refractivity contribution in [2.45, 2.75) is 31.1 Å². The second-order valence-electron chi connectivity index (χ2n) is 7.71. The van der Waals surface area contributed by atoms with E-state index in [-0.39, 0.29) is 28.4 Å². The number of anilines is 1. The Bertz CT molecular complexity index is 1120. The van der Waals surface area contributed by atoms with Gasteiger partial charge in [-0.2, -0.15) is 0 Å². The molecular weight excluding hydrogens is 464 g/mol. The van der Waals surface area contributed by atoms with E-state index >= 15 is 0 Å². The molecule has 11 heteroatoms. The lowest BCUT2D eigenvalue weighted by molar-refractivity contribution is -0.893. The Balaban J connectivity index is 1.76. The molecule has 0 saturated heterocycles. The summed E-state index contributed by atoms with van der Waals surface area (Å²) in [6.45, 7) is 2.72. The molecule has 0 spiro atoms. The first kappa shape index (κ1) is 24.7. The molecule has 0 aliphatic heterocycles. The number of nitrogens with one attached hydrogen (secondary N) is 2. The minimum absolute atomic E-state index is 0.0891. The third-order valence-electron chi connectivity index (χ3n) is 5.12. The maximum atomic E-state index is 12.5. The molecule has 0 saturated carbocycles. The van der Waals surface area contributed by atoms with Gasteiger partial charge in [0.05, 0.1) is 42.0 Å². The molecular formula is C22H26ClN6O3S+. The number of hydrogen-bond donors (Lipinski definition) is 2. The predicted octanol–water partition coefficient (Wildman–Crippen LogP) is 3.21. The molecule has 9 nitrogen and oxygen atoms in total. The Hall–Kier alpha value is -2.95. The molecule has 1 atom stereocenters. The fourth-order valence-corrected chi connectivity index (χ4v) is 4.43. The van der Waals surface area contributed by atoms with Crippen LogP contribution in [0.25, 0.3) is 0 Å². The monoisotopic (exact) mass is 489 g/mol. The van der Waals surface area contributed by atoms with Gasteiger partial charge in [0.25, 0.3) is 5.69 Å². The van der Waals surface area contributed by atoms with E-state index in [2.05, 4.69) is 41.1 Å². The van der Waals surface area contributed by atoms with E-state index in [0.717, 1.165) is 17.8 Å². The number of amides is 1. The molecule has 174 valence electrons. The van der Waals surface area contributed by atoms with Crippen LogP contribution in [0.5, 0.6) is 0 Å². The normalized spacial score (nSPS) is 12.0. The minimum Gasteiger partial charge on any atom is -0.331 e. The zero-order chi connectivity index (χ0) is 24.0. The smallest absolute Gasteiger partial charge is 0.271 e. The van der Waals surface area contributed by atoms with E-state index in [1.807, 2.05) is 30.3 Å². The van der Waals surface area contributed by atoms with Crippen molar-refractivity contribution in [2.24, 2.45) is 0 Å². The number of aromatic nitrogens is 3. The summed E-state index contributed by atoms with van der Waals surface area (Å²) in [7, 11) is 4.17. The third kappa shape index (κ3) is 6.31. The second kappa shape index (κ2) is 11.3. The van der Waals surface area contributed by atoms with Crippen LogP contribution in [0.3, 0.4) is 0 Å². The van der Waals surface area contributed by atoms with Crippen LogP contribution in [0.1, 0.15) is 30.8 Å². The van der Waals surface area contributed by atoms with Gasteiger partial charge >= 0.3 is 0 Å². The lowest BCUT2D eigenvalue weighted by atomic mass is 10.2. The molecule has 3 aromatic rings. The summed E-state index contributed by atoms with van der Waals surface area (Å²) in [5.41, 5.74) is 1.30. The van der Waals surface area contributed by atoms with Crippen molar-refractivity contribution in [2.75, 3.05) is 25.2 Å². The van der Waals surface area contributed by atoms with Crippen molar-refractivity contribution in [1.82, 2.24) is 14.8 Å². The molecule has 1 heterocycles. The molecule has 0 bridgehead atoms. The quantitative estimate of drug-likeness (QED) is 0.257. The molecule has 1 amide bonds. The Kier molecular flexibility index (Phi) is 8.43. The van der Waals surface area contributed by atoms with Crippen LogP contribution in [-0.4, -0.2) is 45.4 Å². The summed E-state index contributed by atoms with van der Waals surface area (Å²) in [5.74, 6) is 0.672. The highest BCUT2D eigenvalue weighted by molar-refractivity contribution is 7.99. The fraction of sp³-hybridized carbons (Fsp3) is 0.318. The van der Waals surface area contributed by atoms with Gasteiger partial charge < -0.3 is 10.2 Å². The highest BCUT2D eigenvalue weighted by Gasteiger charge is 2.25. The fourth-order valence-electron chi connectivity index (χ4n) is 3.46. The third-order valence-corrected chi connectivity index (χ3v) is 6.40. The van der Waals surface area contributed by atoms with E-state index in [4.69, 9.17) is 11.6 Å². The van der Waals surface area contributed by atoms with Gasteiger partial charge in [-0.15, -0.1) is 10.2 Å². The molecule has 0 aliphatic carbocycles. The van der Waals surface area contributed by atoms with Crippen LogP contribution < -0.4 is 10.2 Å². The van der Waals surface area contributed by atoms with Gasteiger partial charge in [-0.05, 0) is 11.6 Å². The Morgan fingerprint density at radius 3 is 2.58 bits per heavy atom. The highest BCUT2D eigenvalue weighted by atomic mass is 35.5. The summed E-state index contributed by atoms with van der Waals surface area (Å²) in [4.78, 5) is 24.1. The molecule has 3 rings (SSSR count). The largest absolute Gasteiger partial charge is 0.331 e. The number of benzene rings is 2. The summed E-state index contributed by atoms with van der Waals surface area (Å²) < 4.78 is 2.06. The topological polar surface area (TPSA) is 107 Å². The Morgan fingerprint density at radius 1 is 1.24 bits per heavy atom. The van der Waals surface area contributed by atoms with E-state index in [1.54, 1.807) is 0 Å². The van der Waals surface area contributed by atoms with E-state index < -0.39 is 4.92 Å². The lowest BCUT2D eigenvalue weighted by Crippen LogP contribution is -3.06. The number of halogens is 1. The Labute approximate surface area is 201 Å². The maximum Gasteiger partial charge on any atom is 0.271 e. The van der Waals surface area contributed by atoms with Crippen molar-refractivity contribution in [1.29, 1.82) is 0 Å². The van der Waals surface area contributed by atoms with Crippen molar-refractivity contribution >= 4 is 40.6 Å². The number of hydrogen-bond acceptors (Lipinski definition) is 6. The number of quaternary nitrogens is 1. The number of carbonyl (C=O) groups is 1. The predicted molar refractivity (Wildman–Crippen MR) is 129 cm³/mol. The molecule has 0 fully saturated rings. The van der Waals surface area contributed by atoms with Crippen LogP contribution >= 0.6 is 23.4 Å². The zero-order valence-electron chi connectivity index (χ0n) is 18.6. The van der Waals surface area contributed by atoms with E-state index in [1.165, 1.54) is 34.9 Å². The molecule has 2 aromatic carbocycles. The number of nitrogens with zero attached hydrogens (tertiary/aromatic N) is 4. The maximum absolute atomic E-state index is 12.5. The van der Waals surface area contributed by atoms with Gasteiger partial charge in [0.1, 0.15) is 6.04 Å². The number of rotatable bonds is 10. The number of nitro groups is 1. The number of thioether (sulfide) groups is 1. The average molecular weight is 490 g/mol. The van der Waals surface area contributed by atoms with Gasteiger partial charge in [0.2, 0.25) is 5.91 Å². The lowest BCUT2D eigenvalue weighted by Gasteiger charge is -2.20. The van der Waals surface area contributed by atoms with Crippen LogP contribution in [-0.2, 0) is 11.3 Å². The van der Waals surface area contributed by atoms with Gasteiger partial charge in [0.15, 0.2) is 11.0 Å². The highest BCUT2D eigenvalue weighted by Crippen LogP contribution is 2.27. The molecule has 1 unspecified atom stereocenters. The molecule has 33 heavy (non-hydrogen) atoms. The molecule has 2 N–H and O–H groups in total. The standard InChI is InChI=1S/C22H25ClN6O3S/c1-4-19(27(2)3)21-25-26-22(28(21)13-15-8-6-5-7-9-15)33-14-20(30)24-18-11-10-16(29(31)32)12-17(18)23/h5-12,19H,4,13-14H2,1-3H3,(H,24,30)/p+1. The first-order chi connectivity index (χ1) is 15.8. The van der Waals surface area contributed by atoms with Crippen LogP contribution in [0.15, 0.2) is 53.7 Å².